The van der Waals surface area contributed by atoms with Crippen LogP contribution in [0.5, 0.6) is 5.75 Å². The van der Waals surface area contributed by atoms with E-state index in [2.05, 4.69) is 82.8 Å². The molecule has 0 saturated carbocycles. The lowest BCUT2D eigenvalue weighted by Crippen LogP contribution is -2.57. The summed E-state index contributed by atoms with van der Waals surface area (Å²) in [6.07, 6.45) is 5.27. The van der Waals surface area contributed by atoms with Gasteiger partial charge in [-0.3, -0.25) is 19.3 Å². The van der Waals surface area contributed by atoms with Crippen molar-refractivity contribution < 1.29 is 14.6 Å². The van der Waals surface area contributed by atoms with Crippen molar-refractivity contribution in [3.05, 3.63) is 78.6 Å². The van der Waals surface area contributed by atoms with Gasteiger partial charge in [-0.15, -0.1) is 6.58 Å². The van der Waals surface area contributed by atoms with Gasteiger partial charge >= 0.3 is 5.97 Å². The summed E-state index contributed by atoms with van der Waals surface area (Å²) in [6.45, 7) is 12.0. The molecule has 1 aromatic heterocycles. The van der Waals surface area contributed by atoms with Gasteiger partial charge in [-0.05, 0) is 49.9 Å². The minimum Gasteiger partial charge on any atom is -0.497 e. The molecular weight excluding hydrogens is 478 g/mol. The molecular formula is C30H39N5O3. The lowest BCUT2D eigenvalue weighted by molar-refractivity contribution is -0.137. The highest BCUT2D eigenvalue weighted by molar-refractivity contribution is 5.66. The van der Waals surface area contributed by atoms with Crippen molar-refractivity contribution in [3.63, 3.8) is 0 Å². The second kappa shape index (κ2) is 12.8. The van der Waals surface area contributed by atoms with Crippen molar-refractivity contribution in [2.45, 2.75) is 57.8 Å². The summed E-state index contributed by atoms with van der Waals surface area (Å²) in [4.78, 5) is 20.3. The van der Waals surface area contributed by atoms with Gasteiger partial charge in [-0.1, -0.05) is 42.5 Å². The number of aromatic nitrogens is 3. The number of carbonyl (C=O) groups is 1. The number of carboxylic acids is 1. The van der Waals surface area contributed by atoms with Gasteiger partial charge in [0.2, 0.25) is 0 Å². The van der Waals surface area contributed by atoms with E-state index in [1.54, 1.807) is 18.1 Å². The number of unbranched alkanes of at least 4 members (excludes halogenated alkanes) is 1. The van der Waals surface area contributed by atoms with E-state index in [9.17, 15) is 4.79 Å². The molecule has 0 bridgehead atoms. The lowest BCUT2D eigenvalue weighted by atomic mass is 9.92. The van der Waals surface area contributed by atoms with Crippen molar-refractivity contribution in [1.29, 1.82) is 0 Å². The Balaban J connectivity index is 1.57. The summed E-state index contributed by atoms with van der Waals surface area (Å²) >= 11 is 0. The van der Waals surface area contributed by atoms with Crippen molar-refractivity contribution in [2.75, 3.05) is 26.7 Å². The van der Waals surface area contributed by atoms with Crippen LogP contribution in [0.4, 0.5) is 0 Å². The van der Waals surface area contributed by atoms with Crippen LogP contribution in [0.2, 0.25) is 0 Å². The largest absolute Gasteiger partial charge is 0.497 e. The molecule has 1 saturated heterocycles. The zero-order valence-corrected chi connectivity index (χ0v) is 22.7. The van der Waals surface area contributed by atoms with Gasteiger partial charge in [-0.25, -0.2) is 4.98 Å². The number of hydrogen-bond donors (Lipinski definition) is 1. The first-order valence-corrected chi connectivity index (χ1v) is 13.4. The summed E-state index contributed by atoms with van der Waals surface area (Å²) < 4.78 is 7.35. The van der Waals surface area contributed by atoms with E-state index in [0.717, 1.165) is 37.4 Å². The average Bonchev–Trinajstić information content (AvgIpc) is 3.39. The third-order valence-corrected chi connectivity index (χ3v) is 7.32. The van der Waals surface area contributed by atoms with Crippen LogP contribution in [0.25, 0.3) is 11.4 Å². The number of rotatable bonds is 12. The molecule has 2 heterocycles. The normalized spacial score (nSPS) is 19.2. The van der Waals surface area contributed by atoms with Gasteiger partial charge in [0.1, 0.15) is 12.1 Å². The zero-order valence-electron chi connectivity index (χ0n) is 22.7. The monoisotopic (exact) mass is 517 g/mol. The molecule has 8 heteroatoms. The smallest absolute Gasteiger partial charge is 0.303 e. The molecule has 1 aliphatic rings. The van der Waals surface area contributed by atoms with Crippen LogP contribution in [-0.2, 0) is 11.3 Å². The molecule has 1 N–H and O–H groups in total. The fraction of sp³-hybridized carbons (Fsp3) is 0.433. The predicted octanol–water partition coefficient (Wildman–Crippen LogP) is 4.88. The van der Waals surface area contributed by atoms with Crippen LogP contribution in [0.15, 0.2) is 67.5 Å². The first kappa shape index (κ1) is 27.5. The van der Waals surface area contributed by atoms with Crippen LogP contribution in [0.3, 0.4) is 0 Å². The fourth-order valence-corrected chi connectivity index (χ4v) is 5.29. The molecule has 0 radical (unpaired) electrons. The maximum Gasteiger partial charge on any atom is 0.303 e. The van der Waals surface area contributed by atoms with E-state index < -0.39 is 5.97 Å². The third-order valence-electron chi connectivity index (χ3n) is 7.32. The van der Waals surface area contributed by atoms with Crippen molar-refractivity contribution in [3.8, 4) is 17.1 Å². The maximum atomic E-state index is 10.7. The number of benzene rings is 2. The molecule has 2 aromatic carbocycles. The molecule has 3 aromatic rings. The Morgan fingerprint density at radius 2 is 1.92 bits per heavy atom. The number of aryl methyl sites for hydroxylation is 1. The Kier molecular flexibility index (Phi) is 9.31. The van der Waals surface area contributed by atoms with E-state index in [4.69, 9.17) is 9.84 Å². The minimum atomic E-state index is -0.765. The van der Waals surface area contributed by atoms with E-state index >= 15 is 0 Å². The number of methoxy groups -OCH3 is 1. The summed E-state index contributed by atoms with van der Waals surface area (Å²) in [5.74, 6) is 0.764. The van der Waals surface area contributed by atoms with Crippen molar-refractivity contribution >= 4 is 5.97 Å². The quantitative estimate of drug-likeness (QED) is 0.271. The topological polar surface area (TPSA) is 83.7 Å². The minimum absolute atomic E-state index is 0.0854. The van der Waals surface area contributed by atoms with Crippen molar-refractivity contribution in [1.82, 2.24) is 24.6 Å². The van der Waals surface area contributed by atoms with E-state index in [1.165, 1.54) is 11.1 Å². The SMILES string of the molecule is C=CCN1CC(C)N(C(c2ccc(-c3ncn(CCCCC(=O)O)n3)cc2)c2cccc(OC)c2)CC1C. The van der Waals surface area contributed by atoms with Gasteiger partial charge in [0, 0.05) is 50.2 Å². The molecule has 4 rings (SSSR count). The molecule has 1 fully saturated rings. The van der Waals surface area contributed by atoms with Gasteiger partial charge in [0.25, 0.3) is 0 Å². The molecule has 3 atom stereocenters. The standard InChI is InChI=1S/C30H39N5O3/c1-5-16-33-19-23(3)35(20-22(33)2)29(26-9-8-10-27(18-26)38-4)24-12-14-25(15-13-24)30-31-21-34(32-30)17-7-6-11-28(36)37/h5,8-10,12-15,18,21-23,29H,1,6-7,11,16-17,19-20H2,2-4H3,(H,36,37). The average molecular weight is 518 g/mol. The van der Waals surface area contributed by atoms with E-state index in [-0.39, 0.29) is 12.5 Å². The maximum absolute atomic E-state index is 10.7. The third kappa shape index (κ3) is 6.68. The fourth-order valence-electron chi connectivity index (χ4n) is 5.29. The molecule has 38 heavy (non-hydrogen) atoms. The van der Waals surface area contributed by atoms with Crippen LogP contribution in [-0.4, -0.2) is 74.5 Å². The highest BCUT2D eigenvalue weighted by Gasteiger charge is 2.34. The van der Waals surface area contributed by atoms with E-state index in [1.807, 2.05) is 12.1 Å². The second-order valence-electron chi connectivity index (χ2n) is 10.1. The highest BCUT2D eigenvalue weighted by atomic mass is 16.5. The lowest BCUT2D eigenvalue weighted by Gasteiger charge is -2.47. The van der Waals surface area contributed by atoms with Crippen LogP contribution in [0.1, 0.15) is 50.3 Å². The number of hydrogen-bond acceptors (Lipinski definition) is 6. The van der Waals surface area contributed by atoms with Gasteiger partial charge in [-0.2, -0.15) is 5.10 Å². The van der Waals surface area contributed by atoms with Crippen LogP contribution >= 0.6 is 0 Å². The number of nitrogens with zero attached hydrogens (tertiary/aromatic N) is 5. The number of piperazine rings is 1. The summed E-state index contributed by atoms with van der Waals surface area (Å²) in [5.41, 5.74) is 3.38. The Morgan fingerprint density at radius 1 is 1.13 bits per heavy atom. The summed E-state index contributed by atoms with van der Waals surface area (Å²) in [5, 5.41) is 13.4. The molecule has 0 aliphatic carbocycles. The number of aliphatic carboxylic acids is 1. The van der Waals surface area contributed by atoms with E-state index in [0.29, 0.717) is 30.9 Å². The van der Waals surface area contributed by atoms with Crippen molar-refractivity contribution in [2.24, 2.45) is 0 Å². The molecule has 0 spiro atoms. The van der Waals surface area contributed by atoms with Crippen LogP contribution in [0, 0.1) is 0 Å². The predicted molar refractivity (Wildman–Crippen MR) is 149 cm³/mol. The zero-order chi connectivity index (χ0) is 27.1. The second-order valence-corrected chi connectivity index (χ2v) is 10.1. The molecule has 0 amide bonds. The highest BCUT2D eigenvalue weighted by Crippen LogP contribution is 2.35. The number of carboxylic acid groups (broad SMARTS) is 1. The molecule has 202 valence electrons. The Morgan fingerprint density at radius 3 is 2.63 bits per heavy atom. The Labute approximate surface area is 225 Å². The molecule has 8 nitrogen and oxygen atoms in total. The first-order valence-electron chi connectivity index (χ1n) is 13.4. The van der Waals surface area contributed by atoms with Gasteiger partial charge in [0.05, 0.1) is 13.2 Å². The molecule has 3 unspecified atom stereocenters. The van der Waals surface area contributed by atoms with Gasteiger partial charge in [0.15, 0.2) is 5.82 Å². The Bertz CT molecular complexity index is 1210. The Hall–Kier alpha value is -3.49. The molecule has 1 aliphatic heterocycles. The summed E-state index contributed by atoms with van der Waals surface area (Å²) in [7, 11) is 1.71. The summed E-state index contributed by atoms with van der Waals surface area (Å²) in [6, 6.07) is 17.8. The van der Waals surface area contributed by atoms with Gasteiger partial charge < -0.3 is 9.84 Å². The number of ether oxygens (including phenoxy) is 1. The van der Waals surface area contributed by atoms with Crippen LogP contribution < -0.4 is 4.74 Å². The first-order chi connectivity index (χ1) is 18.4.